The van der Waals surface area contributed by atoms with Crippen molar-refractivity contribution in [2.45, 2.75) is 110 Å². The summed E-state index contributed by atoms with van der Waals surface area (Å²) in [7, 11) is 0. The minimum atomic E-state index is -0.905. The number of amides is 3. The summed E-state index contributed by atoms with van der Waals surface area (Å²) in [6.07, 6.45) is 2.22. The summed E-state index contributed by atoms with van der Waals surface area (Å²) in [6.45, 7) is 15.1. The van der Waals surface area contributed by atoms with Crippen LogP contribution in [0.2, 0.25) is 0 Å². The molecule has 2 aromatic carbocycles. The van der Waals surface area contributed by atoms with Gasteiger partial charge in [0.05, 0.1) is 0 Å². The summed E-state index contributed by atoms with van der Waals surface area (Å²) in [5.41, 5.74) is 2.42. The number of nitrogens with one attached hydrogen (secondary N) is 2. The second kappa shape index (κ2) is 12.2. The Morgan fingerprint density at radius 3 is 2.00 bits per heavy atom. The maximum atomic E-state index is 14.6. The summed E-state index contributed by atoms with van der Waals surface area (Å²) in [6, 6.07) is 13.7. The number of carbonyl (C=O) groups is 3. The van der Waals surface area contributed by atoms with Crippen LogP contribution in [0.1, 0.15) is 89.1 Å². The first-order valence-corrected chi connectivity index (χ1v) is 13.9. The monoisotopic (exact) mass is 535 g/mol. The summed E-state index contributed by atoms with van der Waals surface area (Å²) in [5.74, 6) is -0.512. The standard InChI is InChI=1S/C32H45N3O4/c1-21-14-12-15-22(2)26(21)27(28(36)34-31(3,4)5)35(24-18-13-19-24)29(37)25(20-23-16-10-9-11-17-23)33-30(38)39-32(6,7)8/h9-12,14-17,24-25,27H,13,18-20H2,1-8H3,(H,33,38)(H,34,36). The first-order chi connectivity index (χ1) is 18.2. The Kier molecular flexibility index (Phi) is 9.47. The third-order valence-electron chi connectivity index (χ3n) is 6.83. The van der Waals surface area contributed by atoms with Crippen molar-refractivity contribution in [2.75, 3.05) is 0 Å². The molecular weight excluding hydrogens is 490 g/mol. The average molecular weight is 536 g/mol. The van der Waals surface area contributed by atoms with Crippen LogP contribution in [0.15, 0.2) is 48.5 Å². The van der Waals surface area contributed by atoms with Crippen LogP contribution < -0.4 is 10.6 Å². The van der Waals surface area contributed by atoms with Gasteiger partial charge in [0.2, 0.25) is 11.8 Å². The average Bonchev–Trinajstić information content (AvgIpc) is 2.76. The highest BCUT2D eigenvalue weighted by atomic mass is 16.6. The lowest BCUT2D eigenvalue weighted by Crippen LogP contribution is -2.59. The molecule has 2 unspecified atom stereocenters. The molecule has 2 atom stereocenters. The van der Waals surface area contributed by atoms with Gasteiger partial charge in [0.1, 0.15) is 17.7 Å². The number of nitrogens with zero attached hydrogens (tertiary/aromatic N) is 1. The molecule has 0 aliphatic heterocycles. The normalized spacial score (nSPS) is 15.5. The van der Waals surface area contributed by atoms with Crippen molar-refractivity contribution in [1.29, 1.82) is 0 Å². The Balaban J connectivity index is 2.10. The van der Waals surface area contributed by atoms with Crippen molar-refractivity contribution in [3.05, 3.63) is 70.8 Å². The predicted molar refractivity (Wildman–Crippen MR) is 154 cm³/mol. The molecule has 39 heavy (non-hydrogen) atoms. The summed E-state index contributed by atoms with van der Waals surface area (Å²) in [5, 5.41) is 5.97. The zero-order valence-electron chi connectivity index (χ0n) is 24.8. The molecule has 1 fully saturated rings. The van der Waals surface area contributed by atoms with Crippen molar-refractivity contribution >= 4 is 17.9 Å². The quantitative estimate of drug-likeness (QED) is 0.449. The lowest BCUT2D eigenvalue weighted by Gasteiger charge is -2.45. The van der Waals surface area contributed by atoms with E-state index in [0.29, 0.717) is 0 Å². The minimum Gasteiger partial charge on any atom is -0.444 e. The highest BCUT2D eigenvalue weighted by Gasteiger charge is 2.43. The molecule has 0 aromatic heterocycles. The van der Waals surface area contributed by atoms with Gasteiger partial charge < -0.3 is 20.3 Å². The van der Waals surface area contributed by atoms with Gasteiger partial charge in [0, 0.05) is 18.0 Å². The van der Waals surface area contributed by atoms with Crippen molar-refractivity contribution in [3.63, 3.8) is 0 Å². The number of hydrogen-bond acceptors (Lipinski definition) is 4. The van der Waals surface area contributed by atoms with Crippen molar-refractivity contribution in [1.82, 2.24) is 15.5 Å². The number of hydrogen-bond donors (Lipinski definition) is 2. The Morgan fingerprint density at radius 2 is 1.51 bits per heavy atom. The van der Waals surface area contributed by atoms with E-state index in [-0.39, 0.29) is 24.3 Å². The van der Waals surface area contributed by atoms with E-state index in [1.54, 1.807) is 25.7 Å². The fraction of sp³-hybridized carbons (Fsp3) is 0.531. The Labute approximate surface area is 233 Å². The van der Waals surface area contributed by atoms with Gasteiger partial charge in [-0.05, 0) is 96.9 Å². The number of benzene rings is 2. The van der Waals surface area contributed by atoms with Crippen molar-refractivity contribution in [3.8, 4) is 0 Å². The molecule has 212 valence electrons. The molecule has 0 saturated heterocycles. The molecule has 3 rings (SSSR count). The van der Waals surface area contributed by atoms with E-state index in [2.05, 4.69) is 10.6 Å². The molecule has 1 aliphatic carbocycles. The van der Waals surface area contributed by atoms with Crippen LogP contribution in [0.5, 0.6) is 0 Å². The van der Waals surface area contributed by atoms with Crippen LogP contribution in [0.3, 0.4) is 0 Å². The van der Waals surface area contributed by atoms with E-state index in [4.69, 9.17) is 4.74 Å². The van der Waals surface area contributed by atoms with Crippen LogP contribution >= 0.6 is 0 Å². The van der Waals surface area contributed by atoms with E-state index in [0.717, 1.165) is 41.5 Å². The molecule has 1 aliphatic rings. The van der Waals surface area contributed by atoms with Crippen LogP contribution in [-0.2, 0) is 20.7 Å². The topological polar surface area (TPSA) is 87.7 Å². The number of alkyl carbamates (subject to hydrolysis) is 1. The summed E-state index contributed by atoms with van der Waals surface area (Å²) in [4.78, 5) is 43.3. The van der Waals surface area contributed by atoms with Crippen molar-refractivity contribution < 1.29 is 19.1 Å². The molecule has 0 heterocycles. The van der Waals surface area contributed by atoms with Gasteiger partial charge in [-0.25, -0.2) is 4.79 Å². The van der Waals surface area contributed by atoms with Gasteiger partial charge in [-0.1, -0.05) is 48.5 Å². The van der Waals surface area contributed by atoms with Gasteiger partial charge in [-0.15, -0.1) is 0 Å². The van der Waals surface area contributed by atoms with Gasteiger partial charge in [0.25, 0.3) is 0 Å². The van der Waals surface area contributed by atoms with E-state index < -0.39 is 29.3 Å². The molecule has 2 aromatic rings. The first kappa shape index (κ1) is 30.2. The fourth-order valence-corrected chi connectivity index (χ4v) is 4.96. The number of aryl methyl sites for hydroxylation is 2. The van der Waals surface area contributed by atoms with Crippen LogP contribution in [0, 0.1) is 13.8 Å². The molecule has 3 amide bonds. The van der Waals surface area contributed by atoms with E-state index in [1.807, 2.05) is 83.1 Å². The number of ether oxygens (including phenoxy) is 1. The van der Waals surface area contributed by atoms with Crippen molar-refractivity contribution in [2.24, 2.45) is 0 Å². The summed E-state index contributed by atoms with van der Waals surface area (Å²) < 4.78 is 5.53. The van der Waals surface area contributed by atoms with E-state index in [9.17, 15) is 14.4 Å². The molecule has 7 heteroatoms. The number of carbonyl (C=O) groups excluding carboxylic acids is 3. The molecule has 2 N–H and O–H groups in total. The lowest BCUT2D eigenvalue weighted by atomic mass is 9.85. The second-order valence-electron chi connectivity index (χ2n) is 12.7. The molecular formula is C32H45N3O4. The molecule has 0 spiro atoms. The molecule has 1 saturated carbocycles. The highest BCUT2D eigenvalue weighted by molar-refractivity contribution is 5.93. The Hall–Kier alpha value is -3.35. The van der Waals surface area contributed by atoms with E-state index >= 15 is 0 Å². The van der Waals surface area contributed by atoms with Gasteiger partial charge in [-0.3, -0.25) is 9.59 Å². The second-order valence-corrected chi connectivity index (χ2v) is 12.7. The van der Waals surface area contributed by atoms with Gasteiger partial charge >= 0.3 is 6.09 Å². The highest BCUT2D eigenvalue weighted by Crippen LogP contribution is 2.36. The maximum Gasteiger partial charge on any atom is 0.408 e. The van der Waals surface area contributed by atoms with Gasteiger partial charge in [-0.2, -0.15) is 0 Å². The first-order valence-electron chi connectivity index (χ1n) is 13.9. The lowest BCUT2D eigenvalue weighted by molar-refractivity contribution is -0.148. The largest absolute Gasteiger partial charge is 0.444 e. The third kappa shape index (κ3) is 8.32. The molecule has 0 radical (unpaired) electrons. The maximum absolute atomic E-state index is 14.6. The molecule has 0 bridgehead atoms. The zero-order chi connectivity index (χ0) is 29.0. The SMILES string of the molecule is Cc1cccc(C)c1C(C(=O)NC(C)(C)C)N(C(=O)C(Cc1ccccc1)NC(=O)OC(C)(C)C)C1CCC1. The molecule has 7 nitrogen and oxygen atoms in total. The number of rotatable bonds is 8. The zero-order valence-corrected chi connectivity index (χ0v) is 24.8. The van der Waals surface area contributed by atoms with Crippen LogP contribution in [0.4, 0.5) is 4.79 Å². The smallest absolute Gasteiger partial charge is 0.408 e. The minimum absolute atomic E-state index is 0.106. The van der Waals surface area contributed by atoms with Crippen LogP contribution in [0.25, 0.3) is 0 Å². The third-order valence-corrected chi connectivity index (χ3v) is 6.83. The Bertz CT molecular complexity index is 1140. The predicted octanol–water partition coefficient (Wildman–Crippen LogP) is 5.78. The fourth-order valence-electron chi connectivity index (χ4n) is 4.96. The van der Waals surface area contributed by atoms with E-state index in [1.165, 1.54) is 0 Å². The Morgan fingerprint density at radius 1 is 0.923 bits per heavy atom. The van der Waals surface area contributed by atoms with Gasteiger partial charge in [0.15, 0.2) is 0 Å². The van der Waals surface area contributed by atoms with Crippen LogP contribution in [-0.4, -0.2) is 46.0 Å². The summed E-state index contributed by atoms with van der Waals surface area (Å²) >= 11 is 0.